The van der Waals surface area contributed by atoms with E-state index < -0.39 is 0 Å². The van der Waals surface area contributed by atoms with Crippen LogP contribution < -0.4 is 10.6 Å². The van der Waals surface area contributed by atoms with Gasteiger partial charge in [0.2, 0.25) is 11.8 Å². The summed E-state index contributed by atoms with van der Waals surface area (Å²) >= 11 is 5.84. The molecule has 0 unspecified atom stereocenters. The van der Waals surface area contributed by atoms with Crippen molar-refractivity contribution in [2.45, 2.75) is 19.5 Å². The molecule has 7 heteroatoms. The molecule has 0 bridgehead atoms. The van der Waals surface area contributed by atoms with E-state index in [0.29, 0.717) is 17.3 Å². The first-order valence-electron chi connectivity index (χ1n) is 8.46. The van der Waals surface area contributed by atoms with Gasteiger partial charge in [-0.25, -0.2) is 0 Å². The monoisotopic (exact) mass is 382 g/mol. The van der Waals surface area contributed by atoms with Crippen LogP contribution >= 0.6 is 11.6 Å². The van der Waals surface area contributed by atoms with Crippen LogP contribution in [0.2, 0.25) is 5.02 Å². The molecule has 0 saturated carbocycles. The number of carbonyl (C=O) groups excluding carboxylic acids is 2. The molecule has 0 fully saturated rings. The zero-order valence-corrected chi connectivity index (χ0v) is 15.3. The van der Waals surface area contributed by atoms with Gasteiger partial charge in [0.1, 0.15) is 6.54 Å². The van der Waals surface area contributed by atoms with Crippen LogP contribution in [0.25, 0.3) is 0 Å². The van der Waals surface area contributed by atoms with Gasteiger partial charge in [0.05, 0.1) is 6.42 Å². The van der Waals surface area contributed by atoms with Crippen molar-refractivity contribution in [2.75, 3.05) is 5.32 Å². The highest BCUT2D eigenvalue weighted by molar-refractivity contribution is 6.30. The average molecular weight is 383 g/mol. The molecule has 0 radical (unpaired) electrons. The van der Waals surface area contributed by atoms with Crippen LogP contribution in [0.5, 0.6) is 0 Å². The molecule has 2 N–H and O–H groups in total. The van der Waals surface area contributed by atoms with E-state index >= 15 is 0 Å². The first-order chi connectivity index (χ1) is 13.1. The topological polar surface area (TPSA) is 76.0 Å². The van der Waals surface area contributed by atoms with Crippen LogP contribution in [-0.4, -0.2) is 21.6 Å². The maximum absolute atomic E-state index is 12.1. The Hall–Kier alpha value is -3.12. The fraction of sp³-hybridized carbons (Fsp3) is 0.150. The highest BCUT2D eigenvalue weighted by Crippen LogP contribution is 2.12. The molecule has 2 amide bonds. The third kappa shape index (κ3) is 5.97. The summed E-state index contributed by atoms with van der Waals surface area (Å²) in [5.74, 6) is -0.243. The van der Waals surface area contributed by atoms with E-state index in [1.807, 2.05) is 30.3 Å². The number of amides is 2. The van der Waals surface area contributed by atoms with Gasteiger partial charge < -0.3 is 10.6 Å². The fourth-order valence-electron chi connectivity index (χ4n) is 2.55. The molecule has 0 aliphatic carbocycles. The smallest absolute Gasteiger partial charge is 0.246 e. The number of benzene rings is 2. The SMILES string of the molecule is O=C(Cc1ccc(Cl)cc1)NCc1cccc(NC(=O)Cn2cccn2)c1. The van der Waals surface area contributed by atoms with Gasteiger partial charge in [-0.1, -0.05) is 35.9 Å². The Balaban J connectivity index is 1.50. The van der Waals surface area contributed by atoms with Gasteiger partial charge in [-0.05, 0) is 41.5 Å². The Labute approximate surface area is 162 Å². The first-order valence-corrected chi connectivity index (χ1v) is 8.83. The average Bonchev–Trinajstić information content (AvgIpc) is 3.15. The summed E-state index contributed by atoms with van der Waals surface area (Å²) < 4.78 is 1.55. The van der Waals surface area contributed by atoms with Crippen molar-refractivity contribution in [1.29, 1.82) is 0 Å². The molecule has 0 atom stereocenters. The summed E-state index contributed by atoms with van der Waals surface area (Å²) in [4.78, 5) is 24.1. The Morgan fingerprint density at radius 2 is 1.81 bits per heavy atom. The minimum atomic E-state index is -0.164. The second-order valence-corrected chi connectivity index (χ2v) is 6.47. The summed E-state index contributed by atoms with van der Waals surface area (Å²) in [6.45, 7) is 0.532. The lowest BCUT2D eigenvalue weighted by Crippen LogP contribution is -2.24. The minimum Gasteiger partial charge on any atom is -0.352 e. The summed E-state index contributed by atoms with van der Waals surface area (Å²) in [5, 5.41) is 10.4. The zero-order chi connectivity index (χ0) is 19.1. The molecule has 27 heavy (non-hydrogen) atoms. The highest BCUT2D eigenvalue weighted by atomic mass is 35.5. The van der Waals surface area contributed by atoms with Crippen LogP contribution in [-0.2, 0) is 29.1 Å². The predicted molar refractivity (Wildman–Crippen MR) is 104 cm³/mol. The molecular formula is C20H19ClN4O2. The van der Waals surface area contributed by atoms with E-state index in [1.165, 1.54) is 0 Å². The third-order valence-electron chi connectivity index (χ3n) is 3.84. The van der Waals surface area contributed by atoms with Crippen LogP contribution in [0.1, 0.15) is 11.1 Å². The van der Waals surface area contributed by atoms with Crippen LogP contribution in [0.4, 0.5) is 5.69 Å². The highest BCUT2D eigenvalue weighted by Gasteiger charge is 2.06. The molecule has 6 nitrogen and oxygen atoms in total. The predicted octanol–water partition coefficient (Wildman–Crippen LogP) is 3.03. The molecule has 138 valence electrons. The van der Waals surface area contributed by atoms with Gasteiger partial charge in [0.25, 0.3) is 0 Å². The molecule has 0 saturated heterocycles. The quantitative estimate of drug-likeness (QED) is 0.659. The van der Waals surface area contributed by atoms with E-state index in [0.717, 1.165) is 11.1 Å². The molecule has 3 aromatic rings. The summed E-state index contributed by atoms with van der Waals surface area (Å²) in [6, 6.07) is 16.3. The molecule has 3 rings (SSSR count). The van der Waals surface area contributed by atoms with Crippen molar-refractivity contribution in [3.05, 3.63) is 83.1 Å². The van der Waals surface area contributed by atoms with Gasteiger partial charge in [-0.15, -0.1) is 0 Å². The number of carbonyl (C=O) groups is 2. The van der Waals surface area contributed by atoms with E-state index in [2.05, 4.69) is 15.7 Å². The largest absolute Gasteiger partial charge is 0.352 e. The van der Waals surface area contributed by atoms with Crippen LogP contribution in [0.3, 0.4) is 0 Å². The second-order valence-electron chi connectivity index (χ2n) is 6.03. The van der Waals surface area contributed by atoms with Gasteiger partial charge in [0, 0.05) is 29.6 Å². The maximum atomic E-state index is 12.1. The Bertz CT molecular complexity index is 908. The number of halogens is 1. The summed E-state index contributed by atoms with van der Waals surface area (Å²) in [7, 11) is 0. The number of aromatic nitrogens is 2. The Morgan fingerprint density at radius 3 is 2.56 bits per heavy atom. The zero-order valence-electron chi connectivity index (χ0n) is 14.6. The van der Waals surface area contributed by atoms with Crippen molar-refractivity contribution in [2.24, 2.45) is 0 Å². The number of rotatable bonds is 7. The number of anilines is 1. The van der Waals surface area contributed by atoms with Crippen molar-refractivity contribution in [3.63, 3.8) is 0 Å². The molecule has 1 aromatic heterocycles. The molecule has 0 aliphatic rings. The lowest BCUT2D eigenvalue weighted by Gasteiger charge is -2.09. The summed E-state index contributed by atoms with van der Waals surface area (Å²) in [6.07, 6.45) is 3.64. The Morgan fingerprint density at radius 1 is 1.00 bits per heavy atom. The number of hydrogen-bond donors (Lipinski definition) is 2. The summed E-state index contributed by atoms with van der Waals surface area (Å²) in [5.41, 5.74) is 2.48. The molecule has 1 heterocycles. The van der Waals surface area contributed by atoms with E-state index in [1.54, 1.807) is 41.3 Å². The van der Waals surface area contributed by atoms with E-state index in [4.69, 9.17) is 11.6 Å². The van der Waals surface area contributed by atoms with Gasteiger partial charge in [-0.3, -0.25) is 14.3 Å². The standard InChI is InChI=1S/C20H19ClN4O2/c21-17-7-5-15(6-8-17)12-19(26)22-13-16-3-1-4-18(11-16)24-20(27)14-25-10-2-9-23-25/h1-11H,12-14H2,(H,22,26)(H,24,27). The van der Waals surface area contributed by atoms with E-state index in [9.17, 15) is 9.59 Å². The van der Waals surface area contributed by atoms with E-state index in [-0.39, 0.29) is 24.8 Å². The Kier molecular flexibility index (Phi) is 6.22. The third-order valence-corrected chi connectivity index (χ3v) is 4.10. The lowest BCUT2D eigenvalue weighted by molar-refractivity contribution is -0.120. The number of hydrogen-bond acceptors (Lipinski definition) is 3. The number of nitrogens with one attached hydrogen (secondary N) is 2. The van der Waals surface area contributed by atoms with Gasteiger partial charge in [0.15, 0.2) is 0 Å². The second kappa shape index (κ2) is 9.00. The molecule has 0 spiro atoms. The van der Waals surface area contributed by atoms with Gasteiger partial charge in [-0.2, -0.15) is 5.10 Å². The van der Waals surface area contributed by atoms with Crippen LogP contribution in [0, 0.1) is 0 Å². The minimum absolute atomic E-state index is 0.0783. The van der Waals surface area contributed by atoms with Crippen molar-refractivity contribution in [1.82, 2.24) is 15.1 Å². The van der Waals surface area contributed by atoms with Crippen molar-refractivity contribution >= 4 is 29.1 Å². The van der Waals surface area contributed by atoms with Gasteiger partial charge >= 0.3 is 0 Å². The fourth-order valence-corrected chi connectivity index (χ4v) is 2.68. The molecule has 0 aliphatic heterocycles. The normalized spacial score (nSPS) is 10.4. The first kappa shape index (κ1) is 18.7. The van der Waals surface area contributed by atoms with Crippen molar-refractivity contribution in [3.8, 4) is 0 Å². The number of nitrogens with zero attached hydrogens (tertiary/aromatic N) is 2. The molecular weight excluding hydrogens is 364 g/mol. The van der Waals surface area contributed by atoms with Crippen LogP contribution in [0.15, 0.2) is 67.0 Å². The molecule has 2 aromatic carbocycles. The maximum Gasteiger partial charge on any atom is 0.246 e. The van der Waals surface area contributed by atoms with Crippen molar-refractivity contribution < 1.29 is 9.59 Å². The lowest BCUT2D eigenvalue weighted by atomic mass is 10.1.